The predicted molar refractivity (Wildman–Crippen MR) is 88.5 cm³/mol. The Bertz CT molecular complexity index is 865. The number of carbonyl (C=O) groups excluding carboxylic acids is 1. The Morgan fingerprint density at radius 3 is 3.16 bits per heavy atom. The van der Waals surface area contributed by atoms with Gasteiger partial charge in [-0.05, 0) is 37.0 Å². The van der Waals surface area contributed by atoms with Crippen LogP contribution in [0.2, 0.25) is 0 Å². The molecule has 2 amide bonds. The van der Waals surface area contributed by atoms with Crippen molar-refractivity contribution in [2.75, 3.05) is 7.05 Å². The van der Waals surface area contributed by atoms with Crippen LogP contribution in [-0.2, 0) is 25.9 Å². The van der Waals surface area contributed by atoms with E-state index in [4.69, 9.17) is 8.94 Å². The number of urea groups is 1. The Kier molecular flexibility index (Phi) is 4.01. The molecule has 8 nitrogen and oxygen atoms in total. The summed E-state index contributed by atoms with van der Waals surface area (Å²) in [5.41, 5.74) is 4.05. The van der Waals surface area contributed by atoms with Gasteiger partial charge in [0.25, 0.3) is 0 Å². The molecule has 0 unspecified atom stereocenters. The van der Waals surface area contributed by atoms with Crippen LogP contribution in [0.3, 0.4) is 0 Å². The summed E-state index contributed by atoms with van der Waals surface area (Å²) < 4.78 is 10.5. The van der Waals surface area contributed by atoms with Gasteiger partial charge >= 0.3 is 6.03 Å². The van der Waals surface area contributed by atoms with Crippen molar-refractivity contribution in [1.29, 1.82) is 0 Å². The fourth-order valence-electron chi connectivity index (χ4n) is 3.05. The van der Waals surface area contributed by atoms with E-state index in [2.05, 4.69) is 20.7 Å². The van der Waals surface area contributed by atoms with Gasteiger partial charge in [-0.1, -0.05) is 5.16 Å². The summed E-state index contributed by atoms with van der Waals surface area (Å²) in [6, 6.07) is 5.14. The first-order valence-electron chi connectivity index (χ1n) is 8.24. The number of H-pyrrole nitrogens is 1. The molecule has 0 bridgehead atoms. The Labute approximate surface area is 144 Å². The Morgan fingerprint density at radius 1 is 1.40 bits per heavy atom. The van der Waals surface area contributed by atoms with Crippen LogP contribution in [0.15, 0.2) is 33.4 Å². The molecule has 1 aliphatic carbocycles. The first-order valence-corrected chi connectivity index (χ1v) is 8.24. The molecule has 0 aromatic carbocycles. The predicted octanol–water partition coefficient (Wildman–Crippen LogP) is 2.49. The van der Waals surface area contributed by atoms with E-state index < -0.39 is 0 Å². The topological polar surface area (TPSA) is 100 Å². The first-order chi connectivity index (χ1) is 12.2. The molecule has 0 fully saturated rings. The number of fused-ring (bicyclic) bond motifs is 1. The highest BCUT2D eigenvalue weighted by atomic mass is 16.5. The van der Waals surface area contributed by atoms with Gasteiger partial charge in [-0.15, -0.1) is 0 Å². The number of furan rings is 1. The van der Waals surface area contributed by atoms with Gasteiger partial charge < -0.3 is 19.2 Å². The van der Waals surface area contributed by atoms with Crippen LogP contribution in [0.5, 0.6) is 0 Å². The Morgan fingerprint density at radius 2 is 2.32 bits per heavy atom. The van der Waals surface area contributed by atoms with Crippen molar-refractivity contribution in [2.24, 2.45) is 0 Å². The van der Waals surface area contributed by atoms with Crippen molar-refractivity contribution < 1.29 is 13.7 Å². The number of carbonyl (C=O) groups is 1. The highest BCUT2D eigenvalue weighted by molar-refractivity contribution is 5.73. The molecule has 0 radical (unpaired) electrons. The minimum absolute atomic E-state index is 0.183. The first kappa shape index (κ1) is 15.5. The summed E-state index contributed by atoms with van der Waals surface area (Å²) in [5, 5.41) is 14.2. The zero-order valence-corrected chi connectivity index (χ0v) is 13.9. The molecular formula is C17H19N5O3. The van der Waals surface area contributed by atoms with E-state index in [-0.39, 0.29) is 12.6 Å². The number of hydrogen-bond acceptors (Lipinski definition) is 5. The fraction of sp³-hybridized carbons (Fsp3) is 0.353. The molecule has 0 aliphatic heterocycles. The molecule has 0 saturated carbocycles. The van der Waals surface area contributed by atoms with Gasteiger partial charge in [0.1, 0.15) is 5.69 Å². The van der Waals surface area contributed by atoms with Crippen molar-refractivity contribution >= 4 is 6.03 Å². The smallest absolute Gasteiger partial charge is 0.317 e. The monoisotopic (exact) mass is 341 g/mol. The summed E-state index contributed by atoms with van der Waals surface area (Å²) >= 11 is 0. The van der Waals surface area contributed by atoms with E-state index in [1.807, 2.05) is 0 Å². The van der Waals surface area contributed by atoms with Crippen LogP contribution in [0.25, 0.3) is 11.5 Å². The molecule has 1 aliphatic rings. The molecule has 3 aromatic heterocycles. The SMILES string of the molecule is CN(Cc1n[nH]c2c1CCC2)C(=O)NCc1cc(-c2ccco2)on1. The Hall–Kier alpha value is -3.03. The largest absolute Gasteiger partial charge is 0.461 e. The number of aromatic amines is 1. The number of rotatable bonds is 5. The van der Waals surface area contributed by atoms with Crippen molar-refractivity contribution in [2.45, 2.75) is 32.4 Å². The van der Waals surface area contributed by atoms with E-state index in [0.717, 1.165) is 25.0 Å². The third-order valence-corrected chi connectivity index (χ3v) is 4.37. The van der Waals surface area contributed by atoms with Crippen LogP contribution in [-0.4, -0.2) is 33.3 Å². The number of aromatic nitrogens is 3. The van der Waals surface area contributed by atoms with Crippen molar-refractivity contribution in [3.63, 3.8) is 0 Å². The molecule has 0 atom stereocenters. The van der Waals surface area contributed by atoms with Gasteiger partial charge in [0.05, 0.1) is 25.0 Å². The summed E-state index contributed by atoms with van der Waals surface area (Å²) in [5.74, 6) is 1.14. The number of aryl methyl sites for hydroxylation is 1. The summed E-state index contributed by atoms with van der Waals surface area (Å²) in [6.45, 7) is 0.764. The molecule has 4 rings (SSSR count). The molecule has 8 heteroatoms. The highest BCUT2D eigenvalue weighted by Crippen LogP contribution is 2.23. The highest BCUT2D eigenvalue weighted by Gasteiger charge is 2.20. The molecule has 3 aromatic rings. The molecule has 0 saturated heterocycles. The maximum absolute atomic E-state index is 12.3. The quantitative estimate of drug-likeness (QED) is 0.742. The van der Waals surface area contributed by atoms with Gasteiger partial charge in [0, 0.05) is 18.8 Å². The van der Waals surface area contributed by atoms with Gasteiger partial charge in [-0.3, -0.25) is 5.10 Å². The third kappa shape index (κ3) is 3.15. The number of nitrogens with one attached hydrogen (secondary N) is 2. The van der Waals surface area contributed by atoms with Crippen molar-refractivity contribution in [3.8, 4) is 11.5 Å². The Balaban J connectivity index is 1.32. The summed E-state index contributed by atoms with van der Waals surface area (Å²) in [7, 11) is 1.75. The second-order valence-electron chi connectivity index (χ2n) is 6.16. The normalized spacial score (nSPS) is 13.0. The van der Waals surface area contributed by atoms with Crippen LogP contribution in [0.4, 0.5) is 4.79 Å². The van der Waals surface area contributed by atoms with Gasteiger partial charge in [-0.2, -0.15) is 5.10 Å². The molecular weight excluding hydrogens is 322 g/mol. The number of amides is 2. The maximum atomic E-state index is 12.3. The van der Waals surface area contributed by atoms with Crippen LogP contribution in [0.1, 0.15) is 29.1 Å². The standard InChI is InChI=1S/C17H19N5O3/c1-22(10-14-12-4-2-5-13(12)19-20-14)17(23)18-9-11-8-16(25-21-11)15-6-3-7-24-15/h3,6-8H,2,4-5,9-10H2,1H3,(H,18,23)(H,19,20). The van der Waals surface area contributed by atoms with Gasteiger partial charge in [0.2, 0.25) is 5.76 Å². The second kappa shape index (κ2) is 6.46. The molecule has 0 spiro atoms. The molecule has 25 heavy (non-hydrogen) atoms. The van der Waals surface area contributed by atoms with E-state index >= 15 is 0 Å². The second-order valence-corrected chi connectivity index (χ2v) is 6.16. The van der Waals surface area contributed by atoms with E-state index in [0.29, 0.717) is 23.8 Å². The summed E-state index contributed by atoms with van der Waals surface area (Å²) in [4.78, 5) is 13.9. The number of hydrogen-bond donors (Lipinski definition) is 2. The lowest BCUT2D eigenvalue weighted by molar-refractivity contribution is 0.205. The lowest BCUT2D eigenvalue weighted by atomic mass is 10.2. The molecule has 130 valence electrons. The minimum Gasteiger partial charge on any atom is -0.461 e. The zero-order valence-electron chi connectivity index (χ0n) is 13.9. The maximum Gasteiger partial charge on any atom is 0.317 e. The van der Waals surface area contributed by atoms with E-state index in [9.17, 15) is 4.79 Å². The average Bonchev–Trinajstić information content (AvgIpc) is 3.36. The van der Waals surface area contributed by atoms with E-state index in [1.165, 1.54) is 11.3 Å². The average molecular weight is 341 g/mol. The van der Waals surface area contributed by atoms with Crippen molar-refractivity contribution in [3.05, 3.63) is 47.1 Å². The zero-order chi connectivity index (χ0) is 17.2. The molecule has 3 heterocycles. The lowest BCUT2D eigenvalue weighted by Crippen LogP contribution is -2.36. The van der Waals surface area contributed by atoms with Crippen LogP contribution in [0, 0.1) is 0 Å². The van der Waals surface area contributed by atoms with Crippen LogP contribution >= 0.6 is 0 Å². The minimum atomic E-state index is -0.183. The van der Waals surface area contributed by atoms with E-state index in [1.54, 1.807) is 36.4 Å². The lowest BCUT2D eigenvalue weighted by Gasteiger charge is -2.16. The number of nitrogens with zero attached hydrogens (tertiary/aromatic N) is 3. The van der Waals surface area contributed by atoms with Crippen LogP contribution < -0.4 is 5.32 Å². The van der Waals surface area contributed by atoms with Gasteiger partial charge in [-0.25, -0.2) is 4.79 Å². The molecule has 2 N–H and O–H groups in total. The third-order valence-electron chi connectivity index (χ3n) is 4.37. The summed E-state index contributed by atoms with van der Waals surface area (Å²) in [6.07, 6.45) is 4.80. The fourth-order valence-corrected chi connectivity index (χ4v) is 3.05. The van der Waals surface area contributed by atoms with Crippen molar-refractivity contribution in [1.82, 2.24) is 25.6 Å². The van der Waals surface area contributed by atoms with Gasteiger partial charge in [0.15, 0.2) is 5.76 Å².